The highest BCUT2D eigenvalue weighted by molar-refractivity contribution is 5.53. The Morgan fingerprint density at radius 2 is 2.27 bits per heavy atom. The molecule has 1 aromatic heterocycles. The number of rotatable bonds is 1. The van der Waals surface area contributed by atoms with Crippen molar-refractivity contribution in [2.45, 2.75) is 6.92 Å². The molecule has 0 bridgehead atoms. The van der Waals surface area contributed by atoms with Crippen LogP contribution < -0.4 is 4.57 Å². The minimum atomic E-state index is 0.321. The first-order valence-electron chi connectivity index (χ1n) is 3.55. The van der Waals surface area contributed by atoms with Gasteiger partial charge in [-0.25, -0.2) is 4.57 Å². The van der Waals surface area contributed by atoms with Gasteiger partial charge in [-0.15, -0.1) is 0 Å². The van der Waals surface area contributed by atoms with Crippen molar-refractivity contribution in [2.75, 3.05) is 0 Å². The maximum atomic E-state index is 9.30. The molecule has 0 atom stereocenters. The molecular weight excluding hydrogens is 138 g/mol. The molecule has 0 saturated carbocycles. The van der Waals surface area contributed by atoms with Gasteiger partial charge in [0.25, 0.3) is 0 Å². The summed E-state index contributed by atoms with van der Waals surface area (Å²) in [5, 5.41) is 9.30. The van der Waals surface area contributed by atoms with Gasteiger partial charge in [0, 0.05) is 6.07 Å². The Bertz CT molecular complexity index is 279. The molecule has 2 heteroatoms. The van der Waals surface area contributed by atoms with E-state index in [0.29, 0.717) is 5.75 Å². The summed E-state index contributed by atoms with van der Waals surface area (Å²) in [7, 11) is 1.92. The maximum Gasteiger partial charge on any atom is 0.179 e. The number of allylic oxidation sites excluding steroid dienone is 1. The van der Waals surface area contributed by atoms with Crippen molar-refractivity contribution in [3.05, 3.63) is 30.1 Å². The van der Waals surface area contributed by atoms with Gasteiger partial charge in [-0.1, -0.05) is 6.08 Å². The SMILES string of the molecule is C/C=C\c1c[n+](C)ccc1O. The lowest BCUT2D eigenvalue weighted by Crippen LogP contribution is -2.26. The van der Waals surface area contributed by atoms with Gasteiger partial charge in [0.2, 0.25) is 0 Å². The van der Waals surface area contributed by atoms with E-state index in [0.717, 1.165) is 5.56 Å². The molecule has 2 nitrogen and oxygen atoms in total. The topological polar surface area (TPSA) is 24.1 Å². The largest absolute Gasteiger partial charge is 0.507 e. The van der Waals surface area contributed by atoms with E-state index in [-0.39, 0.29) is 0 Å². The molecule has 0 aromatic carbocycles. The summed E-state index contributed by atoms with van der Waals surface area (Å²) >= 11 is 0. The Kier molecular flexibility index (Phi) is 2.26. The molecule has 1 rings (SSSR count). The van der Waals surface area contributed by atoms with Crippen LogP contribution in [0.2, 0.25) is 0 Å². The molecule has 0 aliphatic rings. The molecule has 1 N–H and O–H groups in total. The average Bonchev–Trinajstić information content (AvgIpc) is 1.98. The van der Waals surface area contributed by atoms with Gasteiger partial charge >= 0.3 is 0 Å². The molecular formula is C9H12NO+. The molecule has 0 fully saturated rings. The van der Waals surface area contributed by atoms with Gasteiger partial charge in [0.15, 0.2) is 12.4 Å². The Labute approximate surface area is 66.4 Å². The molecule has 0 amide bonds. The maximum absolute atomic E-state index is 9.30. The minimum Gasteiger partial charge on any atom is -0.507 e. The summed E-state index contributed by atoms with van der Waals surface area (Å²) in [6.07, 6.45) is 7.45. The van der Waals surface area contributed by atoms with Crippen molar-refractivity contribution in [1.82, 2.24) is 0 Å². The Morgan fingerprint density at radius 3 is 2.91 bits per heavy atom. The molecule has 11 heavy (non-hydrogen) atoms. The predicted molar refractivity (Wildman–Crippen MR) is 44.0 cm³/mol. The van der Waals surface area contributed by atoms with E-state index in [1.807, 2.05) is 43.1 Å². The van der Waals surface area contributed by atoms with Crippen molar-refractivity contribution in [2.24, 2.45) is 7.05 Å². The van der Waals surface area contributed by atoms with Crippen molar-refractivity contribution >= 4 is 6.08 Å². The molecule has 0 radical (unpaired) electrons. The monoisotopic (exact) mass is 150 g/mol. The van der Waals surface area contributed by atoms with E-state index in [4.69, 9.17) is 0 Å². The second kappa shape index (κ2) is 3.19. The van der Waals surface area contributed by atoms with E-state index in [2.05, 4.69) is 0 Å². The van der Waals surface area contributed by atoms with E-state index in [9.17, 15) is 5.11 Å². The molecule has 0 unspecified atom stereocenters. The van der Waals surface area contributed by atoms with E-state index < -0.39 is 0 Å². The number of pyridine rings is 1. The fourth-order valence-electron chi connectivity index (χ4n) is 0.921. The van der Waals surface area contributed by atoms with E-state index >= 15 is 0 Å². The molecule has 0 spiro atoms. The van der Waals surface area contributed by atoms with Crippen LogP contribution in [0.3, 0.4) is 0 Å². The van der Waals surface area contributed by atoms with Crippen LogP contribution in [-0.4, -0.2) is 5.11 Å². The molecule has 1 heterocycles. The van der Waals surface area contributed by atoms with Crippen molar-refractivity contribution in [3.63, 3.8) is 0 Å². The number of nitrogens with zero attached hydrogens (tertiary/aromatic N) is 1. The first-order chi connectivity index (χ1) is 5.24. The minimum absolute atomic E-state index is 0.321. The number of aryl methyl sites for hydroxylation is 1. The molecule has 0 aliphatic carbocycles. The fourth-order valence-corrected chi connectivity index (χ4v) is 0.921. The number of hydrogen-bond donors (Lipinski definition) is 1. The van der Waals surface area contributed by atoms with Crippen LogP contribution in [0.15, 0.2) is 24.5 Å². The highest BCUT2D eigenvalue weighted by Gasteiger charge is 2.00. The number of aromatic nitrogens is 1. The number of aromatic hydroxyl groups is 1. The van der Waals surface area contributed by atoms with Gasteiger partial charge in [0.1, 0.15) is 12.8 Å². The standard InChI is InChI=1S/C9H11NO/c1-3-4-8-7-10(2)6-5-9(8)11/h3-7H,1-2H3/p+1/b4-3-. The smallest absolute Gasteiger partial charge is 0.179 e. The third kappa shape index (κ3) is 1.80. The van der Waals surface area contributed by atoms with Gasteiger partial charge in [-0.3, -0.25) is 0 Å². The summed E-state index contributed by atoms with van der Waals surface area (Å²) in [5.41, 5.74) is 0.845. The van der Waals surface area contributed by atoms with Gasteiger partial charge in [-0.2, -0.15) is 0 Å². The Morgan fingerprint density at radius 1 is 1.55 bits per heavy atom. The van der Waals surface area contributed by atoms with Gasteiger partial charge < -0.3 is 5.11 Å². The zero-order chi connectivity index (χ0) is 8.27. The summed E-state index contributed by atoms with van der Waals surface area (Å²) in [6, 6.07) is 1.68. The van der Waals surface area contributed by atoms with Crippen LogP contribution in [0.1, 0.15) is 12.5 Å². The first kappa shape index (κ1) is 7.79. The lowest BCUT2D eigenvalue weighted by Gasteiger charge is -1.94. The predicted octanol–water partition coefficient (Wildman–Crippen LogP) is 1.25. The average molecular weight is 150 g/mol. The zero-order valence-corrected chi connectivity index (χ0v) is 6.78. The summed E-state index contributed by atoms with van der Waals surface area (Å²) in [4.78, 5) is 0. The third-order valence-corrected chi connectivity index (χ3v) is 1.45. The molecule has 1 aromatic rings. The summed E-state index contributed by atoms with van der Waals surface area (Å²) < 4.78 is 1.90. The van der Waals surface area contributed by atoms with Crippen LogP contribution in [0, 0.1) is 0 Å². The van der Waals surface area contributed by atoms with Crippen molar-refractivity contribution < 1.29 is 9.67 Å². The van der Waals surface area contributed by atoms with E-state index in [1.165, 1.54) is 0 Å². The van der Waals surface area contributed by atoms with E-state index in [1.54, 1.807) is 6.07 Å². The van der Waals surface area contributed by atoms with Crippen molar-refractivity contribution in [1.29, 1.82) is 0 Å². The van der Waals surface area contributed by atoms with Crippen LogP contribution in [0.4, 0.5) is 0 Å². The first-order valence-corrected chi connectivity index (χ1v) is 3.55. The van der Waals surface area contributed by atoms with Crippen LogP contribution in [0.25, 0.3) is 6.08 Å². The number of hydrogen-bond acceptors (Lipinski definition) is 1. The second-order valence-electron chi connectivity index (χ2n) is 2.45. The Balaban J connectivity index is 3.12. The highest BCUT2D eigenvalue weighted by atomic mass is 16.3. The lowest BCUT2D eigenvalue weighted by atomic mass is 10.2. The summed E-state index contributed by atoms with van der Waals surface area (Å²) in [6.45, 7) is 1.92. The lowest BCUT2D eigenvalue weighted by molar-refractivity contribution is -0.671. The van der Waals surface area contributed by atoms with Crippen LogP contribution >= 0.6 is 0 Å². The highest BCUT2D eigenvalue weighted by Crippen LogP contribution is 2.14. The third-order valence-electron chi connectivity index (χ3n) is 1.45. The molecule has 0 aliphatic heterocycles. The fraction of sp³-hybridized carbons (Fsp3) is 0.222. The normalized spacial score (nSPS) is 10.7. The van der Waals surface area contributed by atoms with Crippen LogP contribution in [0.5, 0.6) is 5.75 Å². The Hall–Kier alpha value is -1.31. The summed E-state index contributed by atoms with van der Waals surface area (Å²) in [5.74, 6) is 0.321. The molecule has 0 saturated heterocycles. The van der Waals surface area contributed by atoms with Crippen LogP contribution in [-0.2, 0) is 7.05 Å². The molecule has 58 valence electrons. The quantitative estimate of drug-likeness (QED) is 0.598. The van der Waals surface area contributed by atoms with Gasteiger partial charge in [0.05, 0.1) is 5.56 Å². The zero-order valence-electron chi connectivity index (χ0n) is 6.78. The second-order valence-corrected chi connectivity index (χ2v) is 2.45. The van der Waals surface area contributed by atoms with Gasteiger partial charge in [-0.05, 0) is 13.0 Å². The van der Waals surface area contributed by atoms with Crippen molar-refractivity contribution in [3.8, 4) is 5.75 Å².